The minimum Gasteiger partial charge on any atom is -0.444 e. The molecule has 1 amide bonds. The molecule has 34 heavy (non-hydrogen) atoms. The minimum absolute atomic E-state index is 0.236. The predicted octanol–water partition coefficient (Wildman–Crippen LogP) is 4.50. The lowest BCUT2D eigenvalue weighted by atomic mass is 9.78. The van der Waals surface area contributed by atoms with Crippen LogP contribution >= 0.6 is 0 Å². The first-order chi connectivity index (χ1) is 16.2. The Morgan fingerprint density at radius 1 is 1.29 bits per heavy atom. The summed E-state index contributed by atoms with van der Waals surface area (Å²) in [6, 6.07) is 7.85. The predicted molar refractivity (Wildman–Crippen MR) is 131 cm³/mol. The van der Waals surface area contributed by atoms with E-state index in [4.69, 9.17) is 4.74 Å². The standard InChI is InChI=1S/C26H38FN5O2/c1-25(2,3)34-24(33)32-14-11-29-21(17-32)15-19-7-12-31(13-8-19)23-6-5-20(16-22(23)27)30-26(18-28)9-4-10-26/h5-6,16,19,21,29-30H,4,7-15,17H2,1-3H3. The summed E-state index contributed by atoms with van der Waals surface area (Å²) in [6.45, 7) is 9.43. The van der Waals surface area contributed by atoms with Crippen LogP contribution in [-0.2, 0) is 4.74 Å². The zero-order valence-electron chi connectivity index (χ0n) is 20.7. The molecule has 2 heterocycles. The van der Waals surface area contributed by atoms with Gasteiger partial charge in [0.2, 0.25) is 0 Å². The lowest BCUT2D eigenvalue weighted by molar-refractivity contribution is 0.0185. The highest BCUT2D eigenvalue weighted by molar-refractivity contribution is 5.68. The van der Waals surface area contributed by atoms with Gasteiger partial charge >= 0.3 is 6.09 Å². The van der Waals surface area contributed by atoms with Crippen molar-refractivity contribution in [2.24, 2.45) is 5.92 Å². The molecule has 1 aromatic rings. The van der Waals surface area contributed by atoms with Gasteiger partial charge in [-0.3, -0.25) is 0 Å². The monoisotopic (exact) mass is 471 g/mol. The number of ether oxygens (including phenoxy) is 1. The van der Waals surface area contributed by atoms with E-state index in [9.17, 15) is 14.4 Å². The van der Waals surface area contributed by atoms with Crippen LogP contribution in [0.3, 0.4) is 0 Å². The maximum atomic E-state index is 14.9. The van der Waals surface area contributed by atoms with Crippen molar-refractivity contribution >= 4 is 17.5 Å². The normalized spacial score (nSPS) is 23.1. The van der Waals surface area contributed by atoms with E-state index in [1.807, 2.05) is 37.8 Å². The zero-order valence-corrected chi connectivity index (χ0v) is 20.7. The number of carbonyl (C=O) groups excluding carboxylic acids is 1. The third-order valence-corrected chi connectivity index (χ3v) is 7.23. The number of hydrogen-bond donors (Lipinski definition) is 2. The van der Waals surface area contributed by atoms with Gasteiger partial charge in [0.15, 0.2) is 0 Å². The van der Waals surface area contributed by atoms with Gasteiger partial charge in [0.1, 0.15) is 17.0 Å². The number of rotatable bonds is 5. The van der Waals surface area contributed by atoms with Crippen LogP contribution in [0.25, 0.3) is 0 Å². The molecule has 2 saturated heterocycles. The van der Waals surface area contributed by atoms with Crippen molar-refractivity contribution in [2.45, 2.75) is 76.5 Å². The van der Waals surface area contributed by atoms with E-state index >= 15 is 0 Å². The fourth-order valence-corrected chi connectivity index (χ4v) is 5.20. The molecule has 1 aromatic carbocycles. The highest BCUT2D eigenvalue weighted by atomic mass is 19.1. The third kappa shape index (κ3) is 5.93. The van der Waals surface area contributed by atoms with Gasteiger partial charge in [0, 0.05) is 44.5 Å². The molecule has 0 radical (unpaired) electrons. The Balaban J connectivity index is 1.26. The number of anilines is 2. The second-order valence-electron chi connectivity index (χ2n) is 11.1. The molecular weight excluding hydrogens is 433 g/mol. The number of piperazine rings is 1. The molecular formula is C26H38FN5O2. The first kappa shape index (κ1) is 24.6. The summed E-state index contributed by atoms with van der Waals surface area (Å²) in [7, 11) is 0. The Kier molecular flexibility index (Phi) is 7.22. The van der Waals surface area contributed by atoms with E-state index in [1.165, 1.54) is 6.07 Å². The number of piperidine rings is 1. The molecule has 7 nitrogen and oxygen atoms in total. The molecule has 2 N–H and O–H groups in total. The fraction of sp³-hybridized carbons (Fsp3) is 0.692. The van der Waals surface area contributed by atoms with Crippen molar-refractivity contribution in [3.63, 3.8) is 0 Å². The Bertz CT molecular complexity index is 913. The van der Waals surface area contributed by atoms with Gasteiger partial charge < -0.3 is 25.2 Å². The zero-order chi connectivity index (χ0) is 24.3. The summed E-state index contributed by atoms with van der Waals surface area (Å²) in [6.07, 6.45) is 5.43. The molecule has 3 fully saturated rings. The number of hydrogen-bond acceptors (Lipinski definition) is 6. The lowest BCUT2D eigenvalue weighted by Gasteiger charge is -2.39. The van der Waals surface area contributed by atoms with Crippen molar-refractivity contribution in [3.8, 4) is 6.07 Å². The molecule has 0 aromatic heterocycles. The Hall–Kier alpha value is -2.53. The van der Waals surface area contributed by atoms with Crippen molar-refractivity contribution in [1.29, 1.82) is 5.26 Å². The van der Waals surface area contributed by atoms with Crippen molar-refractivity contribution in [2.75, 3.05) is 42.9 Å². The lowest BCUT2D eigenvalue weighted by Crippen LogP contribution is -2.54. The number of benzene rings is 1. The highest BCUT2D eigenvalue weighted by Gasteiger charge is 2.37. The van der Waals surface area contributed by atoms with E-state index in [-0.39, 0.29) is 18.0 Å². The maximum absolute atomic E-state index is 14.9. The summed E-state index contributed by atoms with van der Waals surface area (Å²) in [5.74, 6) is 0.309. The number of nitrogens with zero attached hydrogens (tertiary/aromatic N) is 3. The summed E-state index contributed by atoms with van der Waals surface area (Å²) in [5.41, 5.74) is 0.298. The van der Waals surface area contributed by atoms with Gasteiger partial charge in [-0.1, -0.05) is 0 Å². The van der Waals surface area contributed by atoms with Crippen LogP contribution < -0.4 is 15.5 Å². The third-order valence-electron chi connectivity index (χ3n) is 7.23. The van der Waals surface area contributed by atoms with E-state index in [1.54, 1.807) is 0 Å². The first-order valence-corrected chi connectivity index (χ1v) is 12.6. The number of carbonyl (C=O) groups is 1. The van der Waals surface area contributed by atoms with E-state index in [0.717, 1.165) is 58.2 Å². The molecule has 8 heteroatoms. The first-order valence-electron chi connectivity index (χ1n) is 12.6. The number of halogens is 1. The van der Waals surface area contributed by atoms with Crippen molar-refractivity contribution in [3.05, 3.63) is 24.0 Å². The van der Waals surface area contributed by atoms with Crippen LogP contribution in [0.5, 0.6) is 0 Å². The minimum atomic E-state index is -0.529. The quantitative estimate of drug-likeness (QED) is 0.658. The molecule has 3 aliphatic rings. The van der Waals surface area contributed by atoms with Gasteiger partial charge in [0.05, 0.1) is 11.8 Å². The average molecular weight is 472 g/mol. The Morgan fingerprint density at radius 3 is 2.62 bits per heavy atom. The maximum Gasteiger partial charge on any atom is 0.410 e. The van der Waals surface area contributed by atoms with Gasteiger partial charge in [-0.2, -0.15) is 5.26 Å². The molecule has 1 unspecified atom stereocenters. The summed E-state index contributed by atoms with van der Waals surface area (Å²) in [5, 5.41) is 16.2. The highest BCUT2D eigenvalue weighted by Crippen LogP contribution is 2.36. The molecule has 186 valence electrons. The van der Waals surface area contributed by atoms with Gasteiger partial charge in [-0.25, -0.2) is 9.18 Å². The molecule has 0 spiro atoms. The molecule has 2 aliphatic heterocycles. The number of nitriles is 1. The number of nitrogens with one attached hydrogen (secondary N) is 2. The van der Waals surface area contributed by atoms with Gasteiger partial charge in [-0.05, 0) is 83.4 Å². The largest absolute Gasteiger partial charge is 0.444 e. The SMILES string of the molecule is CC(C)(C)OC(=O)N1CCNC(CC2CCN(c3ccc(NC4(C#N)CCC4)cc3F)CC2)C1. The average Bonchev–Trinajstić information content (AvgIpc) is 2.76. The number of amides is 1. The van der Waals surface area contributed by atoms with E-state index < -0.39 is 11.1 Å². The van der Waals surface area contributed by atoms with Crippen LogP contribution in [0.1, 0.15) is 59.3 Å². The molecule has 1 aliphatic carbocycles. The van der Waals surface area contributed by atoms with Gasteiger partial charge in [-0.15, -0.1) is 0 Å². The Labute approximate surface area is 202 Å². The fourth-order valence-electron chi connectivity index (χ4n) is 5.20. The summed E-state index contributed by atoms with van der Waals surface area (Å²) < 4.78 is 20.5. The molecule has 4 rings (SSSR count). The van der Waals surface area contributed by atoms with Crippen LogP contribution in [-0.4, -0.2) is 60.9 Å². The second kappa shape index (κ2) is 9.99. The molecule has 0 bridgehead atoms. The van der Waals surface area contributed by atoms with Crippen LogP contribution in [0, 0.1) is 23.1 Å². The molecule has 1 saturated carbocycles. The van der Waals surface area contributed by atoms with Gasteiger partial charge in [0.25, 0.3) is 0 Å². The molecule has 1 atom stereocenters. The smallest absolute Gasteiger partial charge is 0.410 e. The van der Waals surface area contributed by atoms with Crippen LogP contribution in [0.2, 0.25) is 0 Å². The Morgan fingerprint density at radius 2 is 2.03 bits per heavy atom. The van der Waals surface area contributed by atoms with Crippen LogP contribution in [0.15, 0.2) is 18.2 Å². The van der Waals surface area contributed by atoms with E-state index in [2.05, 4.69) is 21.6 Å². The second-order valence-corrected chi connectivity index (χ2v) is 11.1. The summed E-state index contributed by atoms with van der Waals surface area (Å²) >= 11 is 0. The topological polar surface area (TPSA) is 80.6 Å². The van der Waals surface area contributed by atoms with Crippen LogP contribution in [0.4, 0.5) is 20.6 Å². The van der Waals surface area contributed by atoms with Crippen molar-refractivity contribution in [1.82, 2.24) is 10.2 Å². The van der Waals surface area contributed by atoms with Crippen molar-refractivity contribution < 1.29 is 13.9 Å². The van der Waals surface area contributed by atoms with E-state index in [0.29, 0.717) is 30.4 Å². The summed E-state index contributed by atoms with van der Waals surface area (Å²) in [4.78, 5) is 16.4.